The van der Waals surface area contributed by atoms with Gasteiger partial charge >= 0.3 is 0 Å². The minimum Gasteiger partial charge on any atom is -0.344 e. The van der Waals surface area contributed by atoms with Gasteiger partial charge in [0.15, 0.2) is 0 Å². The van der Waals surface area contributed by atoms with Crippen molar-refractivity contribution in [1.29, 1.82) is 0 Å². The molecule has 0 fully saturated rings. The number of aliphatic hydroxyl groups is 3. The zero-order valence-corrected chi connectivity index (χ0v) is 12.0. The second-order valence-corrected chi connectivity index (χ2v) is 5.41. The average molecular weight is 260 g/mol. The van der Waals surface area contributed by atoms with Crippen LogP contribution in [0.2, 0.25) is 0 Å². The van der Waals surface area contributed by atoms with Crippen molar-refractivity contribution in [1.82, 2.24) is 0 Å². The van der Waals surface area contributed by atoms with E-state index in [2.05, 4.69) is 6.92 Å². The lowest BCUT2D eigenvalue weighted by atomic mass is 10.0. The fraction of sp³-hybridized carbons (Fsp3) is 1.00. The van der Waals surface area contributed by atoms with E-state index in [1.807, 2.05) is 0 Å². The fourth-order valence-electron chi connectivity index (χ4n) is 2.20. The lowest BCUT2D eigenvalue weighted by Gasteiger charge is -2.12. The topological polar surface area (TPSA) is 60.7 Å². The van der Waals surface area contributed by atoms with Crippen molar-refractivity contribution in [3.8, 4) is 0 Å². The third-order valence-corrected chi connectivity index (χ3v) is 3.37. The molecule has 0 saturated carbocycles. The van der Waals surface area contributed by atoms with Crippen molar-refractivity contribution in [2.75, 3.05) is 0 Å². The Morgan fingerprint density at radius 1 is 0.556 bits per heavy atom. The molecule has 0 bridgehead atoms. The Hall–Kier alpha value is -0.120. The van der Waals surface area contributed by atoms with Crippen LogP contribution in [0.3, 0.4) is 0 Å². The van der Waals surface area contributed by atoms with Crippen LogP contribution in [0.25, 0.3) is 0 Å². The second-order valence-electron chi connectivity index (χ2n) is 5.41. The summed E-state index contributed by atoms with van der Waals surface area (Å²) in [5.74, 6) is -2.46. The summed E-state index contributed by atoms with van der Waals surface area (Å²) in [5, 5.41) is 26.1. The molecule has 0 unspecified atom stereocenters. The fourth-order valence-corrected chi connectivity index (χ4v) is 2.20. The molecule has 0 amide bonds. The van der Waals surface area contributed by atoms with Crippen molar-refractivity contribution in [2.45, 2.75) is 96.4 Å². The van der Waals surface area contributed by atoms with Gasteiger partial charge in [-0.2, -0.15) is 0 Å². The normalized spacial score (nSPS) is 12.0. The van der Waals surface area contributed by atoms with Crippen molar-refractivity contribution in [3.05, 3.63) is 0 Å². The summed E-state index contributed by atoms with van der Waals surface area (Å²) in [6.45, 7) is 2.24. The molecule has 0 aromatic rings. The van der Waals surface area contributed by atoms with Gasteiger partial charge in [-0.3, -0.25) is 0 Å². The van der Waals surface area contributed by atoms with Gasteiger partial charge in [0.05, 0.1) is 0 Å². The molecule has 3 heteroatoms. The van der Waals surface area contributed by atoms with Crippen LogP contribution in [0.1, 0.15) is 90.4 Å². The highest BCUT2D eigenvalue weighted by atomic mass is 16.7. The molecule has 0 aromatic heterocycles. The smallest absolute Gasteiger partial charge is 0.275 e. The number of rotatable bonds is 13. The molecule has 0 aliphatic carbocycles. The minimum absolute atomic E-state index is 0.0599. The first-order valence-electron chi connectivity index (χ1n) is 7.73. The first-order chi connectivity index (χ1) is 8.56. The van der Waals surface area contributed by atoms with Crippen LogP contribution in [-0.4, -0.2) is 21.3 Å². The molecule has 0 aliphatic heterocycles. The maximum Gasteiger partial charge on any atom is 0.275 e. The van der Waals surface area contributed by atoms with Crippen molar-refractivity contribution in [2.24, 2.45) is 0 Å². The van der Waals surface area contributed by atoms with Gasteiger partial charge in [0.25, 0.3) is 5.97 Å². The van der Waals surface area contributed by atoms with Gasteiger partial charge in [0.1, 0.15) is 0 Å². The molecule has 0 aromatic carbocycles. The molecule has 0 spiro atoms. The van der Waals surface area contributed by atoms with Crippen LogP contribution in [0, 0.1) is 0 Å². The quantitative estimate of drug-likeness (QED) is 0.349. The predicted molar refractivity (Wildman–Crippen MR) is 75.1 cm³/mol. The van der Waals surface area contributed by atoms with Gasteiger partial charge in [-0.15, -0.1) is 0 Å². The van der Waals surface area contributed by atoms with Crippen molar-refractivity contribution in [3.63, 3.8) is 0 Å². The van der Waals surface area contributed by atoms with E-state index in [9.17, 15) is 0 Å². The Kier molecular flexibility index (Phi) is 11.9. The molecule has 0 rings (SSSR count). The van der Waals surface area contributed by atoms with Crippen molar-refractivity contribution < 1.29 is 15.3 Å². The molecule has 0 radical (unpaired) electrons. The summed E-state index contributed by atoms with van der Waals surface area (Å²) >= 11 is 0. The van der Waals surface area contributed by atoms with Gasteiger partial charge in [0, 0.05) is 6.42 Å². The Morgan fingerprint density at radius 2 is 0.889 bits per heavy atom. The second kappa shape index (κ2) is 11.9. The maximum absolute atomic E-state index is 8.69. The van der Waals surface area contributed by atoms with E-state index >= 15 is 0 Å². The van der Waals surface area contributed by atoms with E-state index in [-0.39, 0.29) is 6.42 Å². The SMILES string of the molecule is CCCCCCCCCCCCCCC(O)(O)O. The highest BCUT2D eigenvalue weighted by molar-refractivity contribution is 4.51. The summed E-state index contributed by atoms with van der Waals surface area (Å²) in [6, 6.07) is 0. The van der Waals surface area contributed by atoms with Crippen LogP contribution >= 0.6 is 0 Å². The first-order valence-corrected chi connectivity index (χ1v) is 7.73. The van der Waals surface area contributed by atoms with Gasteiger partial charge in [-0.05, 0) is 6.42 Å². The summed E-state index contributed by atoms with van der Waals surface area (Å²) in [4.78, 5) is 0. The molecule has 3 N–H and O–H groups in total. The van der Waals surface area contributed by atoms with E-state index < -0.39 is 5.97 Å². The molecule has 0 heterocycles. The van der Waals surface area contributed by atoms with E-state index in [1.54, 1.807) is 0 Å². The number of unbranched alkanes of at least 4 members (excludes halogenated alkanes) is 11. The molecule has 18 heavy (non-hydrogen) atoms. The summed E-state index contributed by atoms with van der Waals surface area (Å²) in [7, 11) is 0. The molecule has 0 saturated heterocycles. The van der Waals surface area contributed by atoms with Gasteiger partial charge in [-0.1, -0.05) is 77.6 Å². The number of hydrogen-bond donors (Lipinski definition) is 3. The Morgan fingerprint density at radius 3 is 1.22 bits per heavy atom. The number of hydrogen-bond acceptors (Lipinski definition) is 3. The lowest BCUT2D eigenvalue weighted by Crippen LogP contribution is -2.26. The molecular formula is C15H32O3. The Balaban J connectivity index is 2.99. The third kappa shape index (κ3) is 15.9. The highest BCUT2D eigenvalue weighted by Gasteiger charge is 2.16. The zero-order chi connectivity index (χ0) is 13.7. The van der Waals surface area contributed by atoms with Crippen LogP contribution in [-0.2, 0) is 0 Å². The summed E-state index contributed by atoms with van der Waals surface area (Å²) < 4.78 is 0. The molecule has 0 atom stereocenters. The predicted octanol–water partition coefficient (Wildman–Crippen LogP) is 3.71. The van der Waals surface area contributed by atoms with Crippen LogP contribution in [0.15, 0.2) is 0 Å². The highest BCUT2D eigenvalue weighted by Crippen LogP contribution is 2.14. The third-order valence-electron chi connectivity index (χ3n) is 3.37. The Bertz CT molecular complexity index is 164. The monoisotopic (exact) mass is 260 g/mol. The zero-order valence-electron chi connectivity index (χ0n) is 12.0. The van der Waals surface area contributed by atoms with E-state index in [1.165, 1.54) is 57.8 Å². The average Bonchev–Trinajstić information content (AvgIpc) is 2.29. The largest absolute Gasteiger partial charge is 0.344 e. The van der Waals surface area contributed by atoms with Crippen LogP contribution < -0.4 is 0 Å². The van der Waals surface area contributed by atoms with Gasteiger partial charge < -0.3 is 15.3 Å². The van der Waals surface area contributed by atoms with E-state index in [0.29, 0.717) is 6.42 Å². The summed E-state index contributed by atoms with van der Waals surface area (Å²) in [6.07, 6.45) is 14.9. The van der Waals surface area contributed by atoms with Crippen LogP contribution in [0.4, 0.5) is 0 Å². The van der Waals surface area contributed by atoms with E-state index in [4.69, 9.17) is 15.3 Å². The molecule has 110 valence electrons. The van der Waals surface area contributed by atoms with E-state index in [0.717, 1.165) is 12.8 Å². The maximum atomic E-state index is 8.69. The summed E-state index contributed by atoms with van der Waals surface area (Å²) in [5.41, 5.74) is 0. The first kappa shape index (κ1) is 17.9. The molecular weight excluding hydrogens is 228 g/mol. The minimum atomic E-state index is -2.46. The van der Waals surface area contributed by atoms with Gasteiger partial charge in [0.2, 0.25) is 0 Å². The lowest BCUT2D eigenvalue weighted by molar-refractivity contribution is -0.315. The Labute approximate surface area is 112 Å². The van der Waals surface area contributed by atoms with Gasteiger partial charge in [-0.25, -0.2) is 0 Å². The van der Waals surface area contributed by atoms with Crippen molar-refractivity contribution >= 4 is 0 Å². The van der Waals surface area contributed by atoms with Crippen LogP contribution in [0.5, 0.6) is 0 Å². The molecule has 3 nitrogen and oxygen atoms in total. The molecule has 0 aliphatic rings. The standard InChI is InChI=1S/C15H32O3/c1-2-3-4-5-6-7-8-9-10-11-12-13-14-15(16,17)18/h16-18H,2-14H2,1H3.